The van der Waals surface area contributed by atoms with E-state index in [1.54, 1.807) is 18.2 Å². The monoisotopic (exact) mass is 607 g/mol. The zero-order valence-corrected chi connectivity index (χ0v) is 25.5. The standard InChI is InChI=1S/C32H41N5O7/c1-19(2)14-24(37-30(41)25-16-21-22(35-25)9-6-10-27(21)43-3)29(40)36-23(15-20-8-7-13-34-28(20)39)26(38)17-44-31(42)32(18-33)11-4-5-12-32/h6,9-10,16,19-20,23-24,35H,4-5,7-8,11-15,17H2,1-3H3,(H,34,39)(H,36,40)(H,37,41)/t20-,23-,24-/m0/s1. The van der Waals surface area contributed by atoms with Gasteiger partial charge in [0.05, 0.1) is 19.2 Å². The number of H-pyrrole nitrogens is 1. The maximum atomic E-state index is 13.6. The molecule has 12 nitrogen and oxygen atoms in total. The quantitative estimate of drug-likeness (QED) is 0.251. The number of nitrogens with zero attached hydrogens (tertiary/aromatic N) is 1. The normalized spacial score (nSPS) is 19.0. The maximum absolute atomic E-state index is 13.6. The number of carbonyl (C=O) groups excluding carboxylic acids is 5. The molecule has 1 aliphatic heterocycles. The molecule has 1 aliphatic carbocycles. The van der Waals surface area contributed by atoms with E-state index in [9.17, 15) is 29.2 Å². The van der Waals surface area contributed by atoms with Crippen LogP contribution in [0, 0.1) is 28.6 Å². The molecule has 0 radical (unpaired) electrons. The first-order valence-electron chi connectivity index (χ1n) is 15.2. The number of amides is 3. The Kier molecular flexibility index (Phi) is 10.6. The fourth-order valence-corrected chi connectivity index (χ4v) is 5.97. The third-order valence-electron chi connectivity index (χ3n) is 8.45. The fourth-order valence-electron chi connectivity index (χ4n) is 5.97. The first-order chi connectivity index (χ1) is 21.1. The van der Waals surface area contributed by atoms with Crippen LogP contribution >= 0.6 is 0 Å². The zero-order valence-electron chi connectivity index (χ0n) is 25.5. The van der Waals surface area contributed by atoms with Gasteiger partial charge in [-0.05, 0) is 62.6 Å². The molecule has 3 amide bonds. The lowest BCUT2D eigenvalue weighted by Gasteiger charge is -2.28. The first kappa shape index (κ1) is 32.5. The van der Waals surface area contributed by atoms with Crippen LogP contribution in [0.2, 0.25) is 0 Å². The average Bonchev–Trinajstić information content (AvgIpc) is 3.68. The molecule has 44 heavy (non-hydrogen) atoms. The molecule has 1 saturated carbocycles. The number of benzene rings is 1. The highest BCUT2D eigenvalue weighted by molar-refractivity contribution is 6.02. The Morgan fingerprint density at radius 2 is 1.86 bits per heavy atom. The van der Waals surface area contributed by atoms with Gasteiger partial charge in [-0.25, -0.2) is 0 Å². The first-order valence-corrected chi connectivity index (χ1v) is 15.2. The number of ether oxygens (including phenoxy) is 2. The number of methoxy groups -OCH3 is 1. The van der Waals surface area contributed by atoms with Gasteiger partial charge in [-0.2, -0.15) is 5.26 Å². The molecule has 12 heteroatoms. The summed E-state index contributed by atoms with van der Waals surface area (Å²) in [6, 6.07) is 6.95. The molecule has 2 fully saturated rings. The predicted molar refractivity (Wildman–Crippen MR) is 160 cm³/mol. The van der Waals surface area contributed by atoms with E-state index < -0.39 is 53.6 Å². The van der Waals surface area contributed by atoms with Crippen molar-refractivity contribution in [1.82, 2.24) is 20.9 Å². The van der Waals surface area contributed by atoms with E-state index in [0.29, 0.717) is 42.5 Å². The second-order valence-electron chi connectivity index (χ2n) is 12.1. The van der Waals surface area contributed by atoms with Crippen LogP contribution in [0.4, 0.5) is 0 Å². The van der Waals surface area contributed by atoms with Gasteiger partial charge < -0.3 is 30.4 Å². The topological polar surface area (TPSA) is 179 Å². The summed E-state index contributed by atoms with van der Waals surface area (Å²) in [5.74, 6) is -2.56. The number of esters is 1. The van der Waals surface area contributed by atoms with Crippen LogP contribution in [0.25, 0.3) is 10.9 Å². The minimum Gasteiger partial charge on any atom is -0.496 e. The highest BCUT2D eigenvalue weighted by Gasteiger charge is 2.43. The number of aromatic amines is 1. The minimum absolute atomic E-state index is 0.0154. The number of hydrogen-bond donors (Lipinski definition) is 4. The Balaban J connectivity index is 1.49. The van der Waals surface area contributed by atoms with Gasteiger partial charge in [0.1, 0.15) is 17.5 Å². The van der Waals surface area contributed by atoms with Crippen LogP contribution in [-0.4, -0.2) is 66.8 Å². The Labute approximate surface area is 256 Å². The molecular formula is C32H41N5O7. The summed E-state index contributed by atoms with van der Waals surface area (Å²) in [5, 5.41) is 18.6. The van der Waals surface area contributed by atoms with E-state index in [1.165, 1.54) is 7.11 Å². The smallest absolute Gasteiger partial charge is 0.326 e. The molecule has 0 spiro atoms. The molecule has 236 valence electrons. The van der Waals surface area contributed by atoms with Crippen molar-refractivity contribution in [2.75, 3.05) is 20.3 Å². The summed E-state index contributed by atoms with van der Waals surface area (Å²) in [6.07, 6.45) is 3.76. The summed E-state index contributed by atoms with van der Waals surface area (Å²) in [7, 11) is 1.54. The summed E-state index contributed by atoms with van der Waals surface area (Å²) in [6.45, 7) is 3.71. The van der Waals surface area contributed by atoms with Crippen molar-refractivity contribution in [3.63, 3.8) is 0 Å². The summed E-state index contributed by atoms with van der Waals surface area (Å²) < 4.78 is 10.7. The molecule has 0 bridgehead atoms. The molecule has 0 unspecified atom stereocenters. The molecule has 2 aromatic rings. The molecular weight excluding hydrogens is 566 g/mol. The van der Waals surface area contributed by atoms with Gasteiger partial charge in [-0.1, -0.05) is 32.8 Å². The van der Waals surface area contributed by atoms with Crippen molar-refractivity contribution in [2.24, 2.45) is 17.3 Å². The van der Waals surface area contributed by atoms with Crippen molar-refractivity contribution in [3.05, 3.63) is 30.0 Å². The zero-order chi connectivity index (χ0) is 31.9. The van der Waals surface area contributed by atoms with Crippen molar-refractivity contribution < 1.29 is 33.4 Å². The SMILES string of the molecule is COc1cccc2[nH]c(C(=O)N[C@@H](CC(C)C)C(=O)N[C@@H](C[C@@H]3CCCNC3=O)C(=O)COC(=O)C3(C#N)CCCC3)cc12. The third kappa shape index (κ3) is 7.56. The van der Waals surface area contributed by atoms with Gasteiger partial charge in [0.2, 0.25) is 11.8 Å². The highest BCUT2D eigenvalue weighted by atomic mass is 16.5. The van der Waals surface area contributed by atoms with Gasteiger partial charge in [0, 0.05) is 23.4 Å². The highest BCUT2D eigenvalue weighted by Crippen LogP contribution is 2.38. The Morgan fingerprint density at radius 3 is 2.52 bits per heavy atom. The number of piperidine rings is 1. The van der Waals surface area contributed by atoms with Gasteiger partial charge in [-0.15, -0.1) is 0 Å². The molecule has 1 saturated heterocycles. The molecule has 3 atom stereocenters. The van der Waals surface area contributed by atoms with E-state index in [0.717, 1.165) is 19.3 Å². The minimum atomic E-state index is -1.26. The number of nitrogens with one attached hydrogen (secondary N) is 4. The van der Waals surface area contributed by atoms with E-state index >= 15 is 0 Å². The van der Waals surface area contributed by atoms with Crippen LogP contribution in [0.1, 0.15) is 75.7 Å². The van der Waals surface area contributed by atoms with E-state index in [1.807, 2.05) is 19.9 Å². The second kappa shape index (κ2) is 14.4. The molecule has 1 aromatic heterocycles. The Bertz CT molecular complexity index is 1440. The lowest BCUT2D eigenvalue weighted by Crippen LogP contribution is -2.54. The molecule has 2 aliphatic rings. The number of carbonyl (C=O) groups is 5. The van der Waals surface area contributed by atoms with Crippen LogP contribution < -0.4 is 20.7 Å². The molecule has 2 heterocycles. The number of fused-ring (bicyclic) bond motifs is 1. The third-order valence-corrected chi connectivity index (χ3v) is 8.45. The lowest BCUT2D eigenvalue weighted by molar-refractivity contribution is -0.156. The number of Topliss-reactive ketones (excluding diaryl/α,β-unsaturated/α-hetero) is 1. The summed E-state index contributed by atoms with van der Waals surface area (Å²) in [4.78, 5) is 68.7. The number of aromatic nitrogens is 1. The van der Waals surface area contributed by atoms with Crippen LogP contribution in [0.5, 0.6) is 5.75 Å². The predicted octanol–water partition coefficient (Wildman–Crippen LogP) is 2.92. The van der Waals surface area contributed by atoms with Gasteiger partial charge in [-0.3, -0.25) is 24.0 Å². The molecule has 1 aromatic carbocycles. The average molecular weight is 608 g/mol. The van der Waals surface area contributed by atoms with Crippen LogP contribution in [-0.2, 0) is 23.9 Å². The van der Waals surface area contributed by atoms with Crippen molar-refractivity contribution in [1.29, 1.82) is 5.26 Å². The van der Waals surface area contributed by atoms with E-state index in [-0.39, 0.29) is 30.4 Å². The fraction of sp³-hybridized carbons (Fsp3) is 0.562. The number of rotatable bonds is 13. The maximum Gasteiger partial charge on any atom is 0.326 e. The Morgan fingerprint density at radius 1 is 1.11 bits per heavy atom. The van der Waals surface area contributed by atoms with E-state index in [4.69, 9.17) is 9.47 Å². The number of nitriles is 1. The molecule has 4 rings (SSSR count). The van der Waals surface area contributed by atoms with Crippen molar-refractivity contribution >= 4 is 40.4 Å². The van der Waals surface area contributed by atoms with Crippen molar-refractivity contribution in [3.8, 4) is 11.8 Å². The van der Waals surface area contributed by atoms with Gasteiger partial charge >= 0.3 is 5.97 Å². The van der Waals surface area contributed by atoms with E-state index in [2.05, 4.69) is 27.0 Å². The van der Waals surface area contributed by atoms with Gasteiger partial charge in [0.25, 0.3) is 5.91 Å². The number of hydrogen-bond acceptors (Lipinski definition) is 8. The second-order valence-corrected chi connectivity index (χ2v) is 12.1. The Hall–Kier alpha value is -4.40. The van der Waals surface area contributed by atoms with Crippen LogP contribution in [0.3, 0.4) is 0 Å². The summed E-state index contributed by atoms with van der Waals surface area (Å²) in [5.41, 5.74) is -0.328. The lowest BCUT2D eigenvalue weighted by atomic mass is 9.88. The molecule has 4 N–H and O–H groups in total. The summed E-state index contributed by atoms with van der Waals surface area (Å²) >= 11 is 0. The van der Waals surface area contributed by atoms with Crippen molar-refractivity contribution in [2.45, 2.75) is 77.3 Å². The largest absolute Gasteiger partial charge is 0.496 e. The number of ketones is 1. The van der Waals surface area contributed by atoms with Crippen LogP contribution in [0.15, 0.2) is 24.3 Å². The van der Waals surface area contributed by atoms with Gasteiger partial charge in [0.15, 0.2) is 17.8 Å².